The summed E-state index contributed by atoms with van der Waals surface area (Å²) in [5.41, 5.74) is 2.01. The third kappa shape index (κ3) is 1.90. The maximum Gasteiger partial charge on any atom is 0.103 e. The normalized spacial score (nSPS) is 10.1. The van der Waals surface area contributed by atoms with Crippen molar-refractivity contribution in [1.82, 2.24) is 9.78 Å². The van der Waals surface area contributed by atoms with Crippen LogP contribution in [0.2, 0.25) is 10.0 Å². The second-order valence-corrected chi connectivity index (χ2v) is 4.10. The van der Waals surface area contributed by atoms with Gasteiger partial charge in [-0.1, -0.05) is 23.2 Å². The lowest BCUT2D eigenvalue weighted by Crippen LogP contribution is -1.94. The summed E-state index contributed by atoms with van der Waals surface area (Å²) >= 11 is 11.7. The van der Waals surface area contributed by atoms with E-state index in [2.05, 4.69) is 11.2 Å². The largest absolute Gasteiger partial charge is 0.239 e. The molecule has 0 aliphatic heterocycles. The van der Waals surface area contributed by atoms with Gasteiger partial charge in [-0.3, -0.25) is 0 Å². The Hall–Kier alpha value is -1.50. The van der Waals surface area contributed by atoms with Crippen LogP contribution in [0.15, 0.2) is 24.4 Å². The Morgan fingerprint density at radius 2 is 2.06 bits per heavy atom. The first kappa shape index (κ1) is 11.0. The molecule has 0 amide bonds. The average molecular weight is 252 g/mol. The zero-order valence-electron chi connectivity index (χ0n) is 8.41. The maximum absolute atomic E-state index is 8.83. The molecule has 16 heavy (non-hydrogen) atoms. The predicted octanol–water partition coefficient (Wildman–Crippen LogP) is 3.36. The number of benzene rings is 1. The summed E-state index contributed by atoms with van der Waals surface area (Å²) in [6.45, 7) is 1.78. The summed E-state index contributed by atoms with van der Waals surface area (Å²) in [6, 6.07) is 7.27. The minimum atomic E-state index is 0.464. The van der Waals surface area contributed by atoms with Crippen LogP contribution >= 0.6 is 23.2 Å². The van der Waals surface area contributed by atoms with Crippen LogP contribution in [0.25, 0.3) is 5.69 Å². The van der Waals surface area contributed by atoms with Crippen LogP contribution in [0.4, 0.5) is 0 Å². The molecule has 0 radical (unpaired) electrons. The third-order valence-electron chi connectivity index (χ3n) is 2.19. The molecule has 0 spiro atoms. The van der Waals surface area contributed by atoms with Crippen molar-refractivity contribution in [2.24, 2.45) is 0 Å². The van der Waals surface area contributed by atoms with Gasteiger partial charge in [0.25, 0.3) is 0 Å². The van der Waals surface area contributed by atoms with Crippen molar-refractivity contribution in [3.05, 3.63) is 45.7 Å². The average Bonchev–Trinajstić information content (AvgIpc) is 2.64. The molecule has 0 unspecified atom stereocenters. The van der Waals surface area contributed by atoms with E-state index in [1.807, 2.05) is 0 Å². The van der Waals surface area contributed by atoms with Crippen LogP contribution in [-0.4, -0.2) is 9.78 Å². The van der Waals surface area contributed by atoms with Crippen molar-refractivity contribution in [3.8, 4) is 11.8 Å². The Morgan fingerprint density at radius 3 is 2.62 bits per heavy atom. The van der Waals surface area contributed by atoms with Crippen LogP contribution in [0.1, 0.15) is 11.3 Å². The highest BCUT2D eigenvalue weighted by molar-refractivity contribution is 6.42. The highest BCUT2D eigenvalue weighted by Crippen LogP contribution is 2.24. The fourth-order valence-electron chi connectivity index (χ4n) is 1.33. The van der Waals surface area contributed by atoms with Crippen LogP contribution in [0.5, 0.6) is 0 Å². The number of hydrogen-bond donors (Lipinski definition) is 0. The quantitative estimate of drug-likeness (QED) is 0.780. The molecule has 0 aliphatic rings. The first-order chi connectivity index (χ1) is 7.61. The van der Waals surface area contributed by atoms with Gasteiger partial charge in [-0.15, -0.1) is 0 Å². The standard InChI is InChI=1S/C11H7Cl2N3/c1-7-8(5-14)6-16(15-7)9-2-3-10(12)11(13)4-9/h2-4,6H,1H3. The fourth-order valence-corrected chi connectivity index (χ4v) is 1.62. The van der Waals surface area contributed by atoms with Gasteiger partial charge in [-0.2, -0.15) is 10.4 Å². The van der Waals surface area contributed by atoms with E-state index in [0.29, 0.717) is 21.3 Å². The lowest BCUT2D eigenvalue weighted by Gasteiger charge is -2.02. The Bertz CT molecular complexity index is 581. The van der Waals surface area contributed by atoms with Crippen LogP contribution in [-0.2, 0) is 0 Å². The number of nitrogens with zero attached hydrogens (tertiary/aromatic N) is 3. The van der Waals surface area contributed by atoms with Gasteiger partial charge < -0.3 is 0 Å². The summed E-state index contributed by atoms with van der Waals surface area (Å²) in [5, 5.41) is 14.0. The van der Waals surface area contributed by atoms with Gasteiger partial charge >= 0.3 is 0 Å². The van der Waals surface area contributed by atoms with Crippen molar-refractivity contribution in [2.45, 2.75) is 6.92 Å². The van der Waals surface area contributed by atoms with Crippen LogP contribution in [0, 0.1) is 18.3 Å². The van der Waals surface area contributed by atoms with Gasteiger partial charge in [0, 0.05) is 6.20 Å². The van der Waals surface area contributed by atoms with E-state index < -0.39 is 0 Å². The smallest absolute Gasteiger partial charge is 0.103 e. The zero-order chi connectivity index (χ0) is 11.7. The molecule has 5 heteroatoms. The molecule has 1 aromatic carbocycles. The van der Waals surface area contributed by atoms with E-state index in [1.54, 1.807) is 36.0 Å². The minimum Gasteiger partial charge on any atom is -0.239 e. The van der Waals surface area contributed by atoms with Crippen molar-refractivity contribution in [3.63, 3.8) is 0 Å². The summed E-state index contributed by atoms with van der Waals surface area (Å²) < 4.78 is 1.61. The van der Waals surface area contributed by atoms with Gasteiger partial charge in [0.15, 0.2) is 0 Å². The third-order valence-corrected chi connectivity index (χ3v) is 2.93. The molecule has 1 aromatic heterocycles. The number of nitriles is 1. The van der Waals surface area contributed by atoms with Crippen molar-refractivity contribution in [1.29, 1.82) is 5.26 Å². The number of hydrogen-bond acceptors (Lipinski definition) is 2. The molecule has 80 valence electrons. The molecule has 0 saturated carbocycles. The summed E-state index contributed by atoms with van der Waals surface area (Å²) in [4.78, 5) is 0. The lowest BCUT2D eigenvalue weighted by molar-refractivity contribution is 0.863. The molecule has 0 saturated heterocycles. The van der Waals surface area contributed by atoms with Gasteiger partial charge in [0.05, 0.1) is 27.0 Å². The van der Waals surface area contributed by atoms with Crippen LogP contribution < -0.4 is 0 Å². The molecular formula is C11H7Cl2N3. The highest BCUT2D eigenvalue weighted by atomic mass is 35.5. The summed E-state index contributed by atoms with van der Waals surface area (Å²) in [7, 11) is 0. The molecule has 3 nitrogen and oxygen atoms in total. The molecule has 2 rings (SSSR count). The van der Waals surface area contributed by atoms with Crippen LogP contribution in [0.3, 0.4) is 0 Å². The van der Waals surface area contributed by atoms with Gasteiger partial charge in [0.1, 0.15) is 6.07 Å². The molecule has 0 bridgehead atoms. The molecular weight excluding hydrogens is 245 g/mol. The molecule has 1 heterocycles. The van der Waals surface area contributed by atoms with E-state index in [-0.39, 0.29) is 0 Å². The molecule has 0 fully saturated rings. The van der Waals surface area contributed by atoms with E-state index in [1.165, 1.54) is 0 Å². The Morgan fingerprint density at radius 1 is 1.31 bits per heavy atom. The summed E-state index contributed by atoms with van der Waals surface area (Å²) in [6.07, 6.45) is 1.66. The molecule has 2 aromatic rings. The second kappa shape index (κ2) is 4.17. The van der Waals surface area contributed by atoms with Crippen molar-refractivity contribution in [2.75, 3.05) is 0 Å². The Balaban J connectivity index is 2.51. The van der Waals surface area contributed by atoms with E-state index in [9.17, 15) is 0 Å². The first-order valence-electron chi connectivity index (χ1n) is 4.53. The SMILES string of the molecule is Cc1nn(-c2ccc(Cl)c(Cl)c2)cc1C#N. The fraction of sp³-hybridized carbons (Fsp3) is 0.0909. The highest BCUT2D eigenvalue weighted by Gasteiger charge is 2.06. The Kier molecular flexibility index (Phi) is 2.86. The van der Waals surface area contributed by atoms with E-state index in [0.717, 1.165) is 5.69 Å². The lowest BCUT2D eigenvalue weighted by atomic mass is 10.3. The van der Waals surface area contributed by atoms with Gasteiger partial charge in [-0.05, 0) is 25.1 Å². The molecule has 0 N–H and O–H groups in total. The molecule has 0 aliphatic carbocycles. The van der Waals surface area contributed by atoms with Crippen molar-refractivity contribution < 1.29 is 0 Å². The van der Waals surface area contributed by atoms with E-state index in [4.69, 9.17) is 28.5 Å². The first-order valence-corrected chi connectivity index (χ1v) is 5.29. The zero-order valence-corrected chi connectivity index (χ0v) is 9.92. The van der Waals surface area contributed by atoms with E-state index >= 15 is 0 Å². The predicted molar refractivity (Wildman–Crippen MR) is 63.0 cm³/mol. The second-order valence-electron chi connectivity index (χ2n) is 3.28. The number of aromatic nitrogens is 2. The van der Waals surface area contributed by atoms with Gasteiger partial charge in [-0.25, -0.2) is 4.68 Å². The number of aryl methyl sites for hydroxylation is 1. The topological polar surface area (TPSA) is 41.6 Å². The minimum absolute atomic E-state index is 0.464. The molecule has 0 atom stereocenters. The number of halogens is 2. The monoisotopic (exact) mass is 251 g/mol. The Labute approximate surface area is 103 Å². The maximum atomic E-state index is 8.83. The number of rotatable bonds is 1. The van der Waals surface area contributed by atoms with Gasteiger partial charge in [0.2, 0.25) is 0 Å². The summed E-state index contributed by atoms with van der Waals surface area (Å²) in [5.74, 6) is 0. The van der Waals surface area contributed by atoms with Crippen molar-refractivity contribution >= 4 is 23.2 Å².